The maximum atomic E-state index is 13.3. The van der Waals surface area contributed by atoms with Gasteiger partial charge in [-0.05, 0) is 22.0 Å². The lowest BCUT2D eigenvalue weighted by atomic mass is 10.3. The van der Waals surface area contributed by atoms with Gasteiger partial charge in [0.1, 0.15) is 12.4 Å². The molecule has 0 heterocycles. The van der Waals surface area contributed by atoms with Gasteiger partial charge in [0, 0.05) is 12.6 Å². The number of benzene rings is 1. The lowest BCUT2D eigenvalue weighted by molar-refractivity contribution is 0.307. The first-order valence-electron chi connectivity index (χ1n) is 4.05. The van der Waals surface area contributed by atoms with E-state index in [4.69, 9.17) is 15.2 Å². The topological polar surface area (TPSA) is 44.5 Å². The van der Waals surface area contributed by atoms with E-state index in [-0.39, 0.29) is 12.4 Å². The summed E-state index contributed by atoms with van der Waals surface area (Å²) in [6, 6.07) is 2.89. The first-order valence-corrected chi connectivity index (χ1v) is 4.84. The predicted octanol–water partition coefficient (Wildman–Crippen LogP) is 1.93. The van der Waals surface area contributed by atoms with Crippen molar-refractivity contribution < 1.29 is 13.9 Å². The summed E-state index contributed by atoms with van der Waals surface area (Å²) >= 11 is 3.18. The van der Waals surface area contributed by atoms with Gasteiger partial charge in [-0.25, -0.2) is 4.39 Å². The predicted molar refractivity (Wildman–Crippen MR) is 55.2 cm³/mol. The Bertz CT molecular complexity index is 297. The molecule has 1 rings (SSSR count). The Hall–Kier alpha value is -0.810. The Labute approximate surface area is 90.1 Å². The van der Waals surface area contributed by atoms with Crippen LogP contribution in [-0.4, -0.2) is 20.3 Å². The lowest BCUT2D eigenvalue weighted by Crippen LogP contribution is -2.11. The van der Waals surface area contributed by atoms with Crippen LogP contribution in [0.15, 0.2) is 16.6 Å². The summed E-state index contributed by atoms with van der Waals surface area (Å²) < 4.78 is 23.9. The third kappa shape index (κ3) is 2.59. The molecule has 0 unspecified atom stereocenters. The molecule has 1 aromatic carbocycles. The molecule has 0 amide bonds. The van der Waals surface area contributed by atoms with E-state index >= 15 is 0 Å². The van der Waals surface area contributed by atoms with Crippen LogP contribution in [0.25, 0.3) is 0 Å². The molecule has 0 aliphatic rings. The summed E-state index contributed by atoms with van der Waals surface area (Å²) in [5.41, 5.74) is 5.25. The number of rotatable bonds is 4. The van der Waals surface area contributed by atoms with Crippen LogP contribution in [0.1, 0.15) is 0 Å². The fraction of sp³-hybridized carbons (Fsp3) is 0.333. The Balaban J connectivity index is 2.93. The van der Waals surface area contributed by atoms with Crippen LogP contribution < -0.4 is 15.2 Å². The smallest absolute Gasteiger partial charge is 0.169 e. The zero-order chi connectivity index (χ0) is 10.6. The van der Waals surface area contributed by atoms with Gasteiger partial charge in [0.05, 0.1) is 11.6 Å². The molecule has 0 saturated heterocycles. The fourth-order valence-electron chi connectivity index (χ4n) is 0.953. The zero-order valence-corrected chi connectivity index (χ0v) is 9.30. The number of halogens is 2. The van der Waals surface area contributed by atoms with Crippen molar-refractivity contribution in [2.45, 2.75) is 0 Å². The molecule has 3 nitrogen and oxygen atoms in total. The van der Waals surface area contributed by atoms with Crippen LogP contribution >= 0.6 is 15.9 Å². The Kier molecular flexibility index (Phi) is 4.16. The average molecular weight is 264 g/mol. The molecule has 0 bridgehead atoms. The lowest BCUT2D eigenvalue weighted by Gasteiger charge is -2.09. The molecule has 0 saturated carbocycles. The molecule has 0 aliphatic heterocycles. The molecule has 0 fully saturated rings. The molecule has 0 aromatic heterocycles. The molecule has 78 valence electrons. The van der Waals surface area contributed by atoms with Gasteiger partial charge in [0.15, 0.2) is 11.6 Å². The first-order chi connectivity index (χ1) is 6.69. The number of hydrogen-bond acceptors (Lipinski definition) is 3. The molecule has 0 spiro atoms. The van der Waals surface area contributed by atoms with E-state index in [0.717, 1.165) is 0 Å². The highest BCUT2D eigenvalue weighted by Crippen LogP contribution is 2.32. The number of methoxy groups -OCH3 is 1. The van der Waals surface area contributed by atoms with Crippen molar-refractivity contribution in [3.63, 3.8) is 0 Å². The molecule has 14 heavy (non-hydrogen) atoms. The van der Waals surface area contributed by atoms with Crippen molar-refractivity contribution in [2.75, 3.05) is 20.3 Å². The van der Waals surface area contributed by atoms with Crippen LogP contribution in [-0.2, 0) is 0 Å². The maximum absolute atomic E-state index is 13.3. The van der Waals surface area contributed by atoms with E-state index in [0.29, 0.717) is 16.8 Å². The van der Waals surface area contributed by atoms with Gasteiger partial charge in [-0.3, -0.25) is 0 Å². The highest BCUT2D eigenvalue weighted by atomic mass is 79.9. The molecule has 1 aromatic rings. The van der Waals surface area contributed by atoms with Crippen molar-refractivity contribution in [1.82, 2.24) is 0 Å². The molecule has 0 atom stereocenters. The Morgan fingerprint density at radius 2 is 2.21 bits per heavy atom. The molecule has 0 aliphatic carbocycles. The highest BCUT2D eigenvalue weighted by Gasteiger charge is 2.10. The Morgan fingerprint density at radius 1 is 1.50 bits per heavy atom. The third-order valence-electron chi connectivity index (χ3n) is 1.57. The summed E-state index contributed by atoms with van der Waals surface area (Å²) in [7, 11) is 1.47. The number of hydrogen-bond donors (Lipinski definition) is 1. The summed E-state index contributed by atoms with van der Waals surface area (Å²) in [5, 5.41) is 0. The van der Waals surface area contributed by atoms with Gasteiger partial charge in [-0.15, -0.1) is 0 Å². The third-order valence-corrected chi connectivity index (χ3v) is 2.16. The minimum Gasteiger partial charge on any atom is -0.497 e. The first kappa shape index (κ1) is 11.3. The normalized spacial score (nSPS) is 10.0. The summed E-state index contributed by atoms with van der Waals surface area (Å²) in [6.45, 7) is 0.625. The van der Waals surface area contributed by atoms with Crippen LogP contribution in [0.2, 0.25) is 0 Å². The SMILES string of the molecule is COc1cc(F)c(OCCN)c(Br)c1. The standard InChI is InChI=1S/C9H11BrFNO2/c1-13-6-4-7(10)9(8(11)5-6)14-3-2-12/h4-5H,2-3,12H2,1H3. The maximum Gasteiger partial charge on any atom is 0.169 e. The monoisotopic (exact) mass is 263 g/mol. The molecular formula is C9H11BrFNO2. The van der Waals surface area contributed by atoms with Crippen molar-refractivity contribution in [3.8, 4) is 11.5 Å². The summed E-state index contributed by atoms with van der Waals surface area (Å²) in [4.78, 5) is 0. The van der Waals surface area contributed by atoms with Crippen molar-refractivity contribution in [2.24, 2.45) is 5.73 Å². The average Bonchev–Trinajstić information content (AvgIpc) is 2.16. The fourth-order valence-corrected chi connectivity index (χ4v) is 1.48. The van der Waals surface area contributed by atoms with E-state index in [1.165, 1.54) is 13.2 Å². The van der Waals surface area contributed by atoms with Gasteiger partial charge in [-0.1, -0.05) is 0 Å². The molecular weight excluding hydrogens is 253 g/mol. The van der Waals surface area contributed by atoms with Crippen molar-refractivity contribution >= 4 is 15.9 Å². The van der Waals surface area contributed by atoms with Crippen molar-refractivity contribution in [3.05, 3.63) is 22.4 Å². The number of ether oxygens (including phenoxy) is 2. The van der Waals surface area contributed by atoms with E-state index in [9.17, 15) is 4.39 Å². The van der Waals surface area contributed by atoms with Crippen molar-refractivity contribution in [1.29, 1.82) is 0 Å². The minimum absolute atomic E-state index is 0.163. The van der Waals surface area contributed by atoms with Crippen LogP contribution in [0.3, 0.4) is 0 Å². The van der Waals surface area contributed by atoms with Gasteiger partial charge < -0.3 is 15.2 Å². The van der Waals surface area contributed by atoms with E-state index < -0.39 is 5.82 Å². The second kappa shape index (κ2) is 5.17. The van der Waals surface area contributed by atoms with Gasteiger partial charge in [0.25, 0.3) is 0 Å². The second-order valence-electron chi connectivity index (χ2n) is 2.56. The Morgan fingerprint density at radius 3 is 2.71 bits per heavy atom. The van der Waals surface area contributed by atoms with Gasteiger partial charge >= 0.3 is 0 Å². The summed E-state index contributed by atoms with van der Waals surface area (Å²) in [6.07, 6.45) is 0. The van der Waals surface area contributed by atoms with E-state index in [1.807, 2.05) is 0 Å². The molecule has 2 N–H and O–H groups in total. The van der Waals surface area contributed by atoms with E-state index in [2.05, 4.69) is 15.9 Å². The minimum atomic E-state index is -0.468. The number of nitrogens with two attached hydrogens (primary N) is 1. The second-order valence-corrected chi connectivity index (χ2v) is 3.41. The van der Waals surface area contributed by atoms with Crippen LogP contribution in [0.4, 0.5) is 4.39 Å². The quantitative estimate of drug-likeness (QED) is 0.903. The molecule has 5 heteroatoms. The molecule has 0 radical (unpaired) electrons. The van der Waals surface area contributed by atoms with Crippen LogP contribution in [0.5, 0.6) is 11.5 Å². The largest absolute Gasteiger partial charge is 0.497 e. The summed E-state index contributed by atoms with van der Waals surface area (Å²) in [5.74, 6) is 0.135. The highest BCUT2D eigenvalue weighted by molar-refractivity contribution is 9.10. The van der Waals surface area contributed by atoms with Crippen LogP contribution in [0, 0.1) is 5.82 Å². The van der Waals surface area contributed by atoms with Gasteiger partial charge in [0.2, 0.25) is 0 Å². The zero-order valence-electron chi connectivity index (χ0n) is 7.72. The van der Waals surface area contributed by atoms with Gasteiger partial charge in [-0.2, -0.15) is 0 Å². The van der Waals surface area contributed by atoms with E-state index in [1.54, 1.807) is 6.07 Å².